The molecule has 1 saturated heterocycles. The van der Waals surface area contributed by atoms with E-state index in [9.17, 15) is 19.5 Å². The first-order chi connectivity index (χ1) is 13.0. The molecule has 1 heterocycles. The lowest BCUT2D eigenvalue weighted by Gasteiger charge is -2.24. The number of hydrogen-bond acceptors (Lipinski definition) is 4. The van der Waals surface area contributed by atoms with Crippen LogP contribution in [0.25, 0.3) is 0 Å². The number of hydrogen-bond donors (Lipinski definition) is 2. The van der Waals surface area contributed by atoms with Gasteiger partial charge in [0.05, 0.1) is 18.9 Å². The second-order valence-corrected chi connectivity index (χ2v) is 7.30. The average Bonchev–Trinajstić information content (AvgIpc) is 2.90. The Labute approximate surface area is 158 Å². The van der Waals surface area contributed by atoms with Gasteiger partial charge >= 0.3 is 5.97 Å². The summed E-state index contributed by atoms with van der Waals surface area (Å²) in [4.78, 5) is 38.2. The molecule has 0 aromatic heterocycles. The molecule has 2 amide bonds. The predicted molar refractivity (Wildman–Crippen MR) is 99.6 cm³/mol. The number of aliphatic carboxylic acids is 1. The van der Waals surface area contributed by atoms with Crippen LogP contribution in [-0.4, -0.2) is 42.6 Å². The van der Waals surface area contributed by atoms with Gasteiger partial charge in [-0.05, 0) is 37.1 Å². The number of nitrogens with one attached hydrogen (secondary N) is 1. The number of rotatable bonds is 5. The SMILES string of the molecule is COc1ccc(N2CC(C(=O)N[C@H]3CCCCC[C@H]3C(=O)O)CC2=O)cc1. The lowest BCUT2D eigenvalue weighted by Crippen LogP contribution is -2.45. The molecule has 2 fully saturated rings. The number of nitrogens with zero attached hydrogens (tertiary/aromatic N) is 1. The van der Waals surface area contributed by atoms with E-state index in [1.165, 1.54) is 0 Å². The van der Waals surface area contributed by atoms with Crippen LogP contribution in [0.2, 0.25) is 0 Å². The molecule has 0 spiro atoms. The summed E-state index contributed by atoms with van der Waals surface area (Å²) in [5.41, 5.74) is 0.731. The van der Waals surface area contributed by atoms with Crippen LogP contribution in [0.5, 0.6) is 5.75 Å². The van der Waals surface area contributed by atoms with E-state index in [1.54, 1.807) is 36.3 Å². The second kappa shape index (κ2) is 8.41. The van der Waals surface area contributed by atoms with Gasteiger partial charge in [-0.1, -0.05) is 19.3 Å². The molecule has 7 heteroatoms. The fraction of sp³-hybridized carbons (Fsp3) is 0.550. The molecule has 3 atom stereocenters. The zero-order chi connectivity index (χ0) is 19.4. The van der Waals surface area contributed by atoms with Crippen LogP contribution in [0.1, 0.15) is 38.5 Å². The van der Waals surface area contributed by atoms with E-state index < -0.39 is 17.8 Å². The van der Waals surface area contributed by atoms with Gasteiger partial charge in [0.15, 0.2) is 0 Å². The average molecular weight is 374 g/mol. The third kappa shape index (κ3) is 4.40. The Bertz CT molecular complexity index is 703. The monoisotopic (exact) mass is 374 g/mol. The summed E-state index contributed by atoms with van der Waals surface area (Å²) in [6, 6.07) is 6.78. The van der Waals surface area contributed by atoms with E-state index in [0.29, 0.717) is 25.1 Å². The maximum atomic E-state index is 12.7. The molecule has 0 bridgehead atoms. The zero-order valence-electron chi connectivity index (χ0n) is 15.5. The van der Waals surface area contributed by atoms with Crippen LogP contribution in [0.3, 0.4) is 0 Å². The maximum Gasteiger partial charge on any atom is 0.308 e. The van der Waals surface area contributed by atoms with Crippen molar-refractivity contribution in [1.82, 2.24) is 5.32 Å². The van der Waals surface area contributed by atoms with E-state index in [4.69, 9.17) is 4.74 Å². The van der Waals surface area contributed by atoms with Crippen LogP contribution in [0.4, 0.5) is 5.69 Å². The summed E-state index contributed by atoms with van der Waals surface area (Å²) in [5.74, 6) is -1.49. The molecule has 27 heavy (non-hydrogen) atoms. The van der Waals surface area contributed by atoms with Crippen LogP contribution in [0, 0.1) is 11.8 Å². The first-order valence-electron chi connectivity index (χ1n) is 9.47. The van der Waals surface area contributed by atoms with Crippen LogP contribution in [0.15, 0.2) is 24.3 Å². The molecule has 1 aromatic carbocycles. The maximum absolute atomic E-state index is 12.7. The molecule has 1 saturated carbocycles. The van der Waals surface area contributed by atoms with E-state index >= 15 is 0 Å². The van der Waals surface area contributed by atoms with Gasteiger partial charge in [0.25, 0.3) is 0 Å². The zero-order valence-corrected chi connectivity index (χ0v) is 15.5. The van der Waals surface area contributed by atoms with E-state index in [0.717, 1.165) is 24.9 Å². The smallest absolute Gasteiger partial charge is 0.308 e. The molecule has 1 aliphatic heterocycles. The van der Waals surface area contributed by atoms with E-state index in [1.807, 2.05) is 0 Å². The second-order valence-electron chi connectivity index (χ2n) is 7.30. The molecular weight excluding hydrogens is 348 g/mol. The molecule has 2 N–H and O–H groups in total. The van der Waals surface area contributed by atoms with Crippen molar-refractivity contribution in [3.05, 3.63) is 24.3 Å². The molecule has 0 radical (unpaired) electrons. The van der Waals surface area contributed by atoms with Crippen molar-refractivity contribution in [3.8, 4) is 5.75 Å². The van der Waals surface area contributed by atoms with Crippen molar-refractivity contribution in [3.63, 3.8) is 0 Å². The third-order valence-electron chi connectivity index (χ3n) is 5.54. The van der Waals surface area contributed by atoms with Crippen molar-refractivity contribution < 1.29 is 24.2 Å². The summed E-state index contributed by atoms with van der Waals surface area (Å²) in [7, 11) is 1.58. The van der Waals surface area contributed by atoms with Gasteiger partial charge in [0.2, 0.25) is 11.8 Å². The van der Waals surface area contributed by atoms with Crippen LogP contribution in [-0.2, 0) is 14.4 Å². The Morgan fingerprint density at radius 1 is 1.15 bits per heavy atom. The lowest BCUT2D eigenvalue weighted by atomic mass is 9.94. The molecule has 1 unspecified atom stereocenters. The van der Waals surface area contributed by atoms with Crippen molar-refractivity contribution in [2.75, 3.05) is 18.6 Å². The lowest BCUT2D eigenvalue weighted by molar-refractivity contribution is -0.143. The number of carbonyl (C=O) groups excluding carboxylic acids is 2. The highest BCUT2D eigenvalue weighted by atomic mass is 16.5. The summed E-state index contributed by atoms with van der Waals surface area (Å²) in [6.07, 6.45) is 4.17. The highest BCUT2D eigenvalue weighted by Gasteiger charge is 2.38. The quantitative estimate of drug-likeness (QED) is 0.771. The fourth-order valence-corrected chi connectivity index (χ4v) is 3.97. The number of methoxy groups -OCH3 is 1. The third-order valence-corrected chi connectivity index (χ3v) is 5.54. The number of benzene rings is 1. The first kappa shape index (κ1) is 19.2. The van der Waals surface area contributed by atoms with E-state index in [-0.39, 0.29) is 24.3 Å². The number of anilines is 1. The summed E-state index contributed by atoms with van der Waals surface area (Å²) < 4.78 is 5.13. The largest absolute Gasteiger partial charge is 0.497 e. The summed E-state index contributed by atoms with van der Waals surface area (Å²) in [5, 5.41) is 12.4. The Hall–Kier alpha value is -2.57. The number of carboxylic acids is 1. The molecule has 3 rings (SSSR count). The Morgan fingerprint density at radius 3 is 2.52 bits per heavy atom. The minimum atomic E-state index is -0.857. The number of amides is 2. The predicted octanol–water partition coefficient (Wildman–Crippen LogP) is 2.20. The van der Waals surface area contributed by atoms with Gasteiger partial charge in [-0.25, -0.2) is 0 Å². The normalized spacial score (nSPS) is 25.7. The Kier molecular flexibility index (Phi) is 5.98. The van der Waals surface area contributed by atoms with Gasteiger partial charge in [-0.15, -0.1) is 0 Å². The summed E-state index contributed by atoms with van der Waals surface area (Å²) in [6.45, 7) is 0.307. The fourth-order valence-electron chi connectivity index (χ4n) is 3.97. The highest BCUT2D eigenvalue weighted by molar-refractivity contribution is 6.00. The first-order valence-corrected chi connectivity index (χ1v) is 9.47. The molecule has 146 valence electrons. The van der Waals surface area contributed by atoms with Crippen molar-refractivity contribution in [2.45, 2.75) is 44.6 Å². The molecule has 2 aliphatic rings. The highest BCUT2D eigenvalue weighted by Crippen LogP contribution is 2.28. The van der Waals surface area contributed by atoms with Crippen LogP contribution >= 0.6 is 0 Å². The summed E-state index contributed by atoms with van der Waals surface area (Å²) >= 11 is 0. The van der Waals surface area contributed by atoms with Gasteiger partial charge in [0.1, 0.15) is 5.75 Å². The van der Waals surface area contributed by atoms with Crippen molar-refractivity contribution in [2.24, 2.45) is 11.8 Å². The minimum absolute atomic E-state index is 0.101. The Morgan fingerprint density at radius 2 is 1.85 bits per heavy atom. The molecular formula is C20H26N2O5. The van der Waals surface area contributed by atoms with Gasteiger partial charge in [0, 0.05) is 24.7 Å². The molecule has 1 aliphatic carbocycles. The molecule has 7 nitrogen and oxygen atoms in total. The van der Waals surface area contributed by atoms with Gasteiger partial charge < -0.3 is 20.1 Å². The molecule has 1 aromatic rings. The topological polar surface area (TPSA) is 95.9 Å². The van der Waals surface area contributed by atoms with E-state index in [2.05, 4.69) is 5.32 Å². The minimum Gasteiger partial charge on any atom is -0.497 e. The van der Waals surface area contributed by atoms with Gasteiger partial charge in [-0.3, -0.25) is 14.4 Å². The number of carboxylic acid groups (broad SMARTS) is 1. The van der Waals surface area contributed by atoms with Crippen molar-refractivity contribution >= 4 is 23.5 Å². The van der Waals surface area contributed by atoms with Crippen molar-refractivity contribution in [1.29, 1.82) is 0 Å². The van der Waals surface area contributed by atoms with Crippen LogP contribution < -0.4 is 15.0 Å². The standard InChI is InChI=1S/C20H26N2O5/c1-27-15-9-7-14(8-10-15)22-12-13(11-18(22)23)19(24)21-17-6-4-2-3-5-16(17)20(25)26/h7-10,13,16-17H,2-6,11-12H2,1H3,(H,21,24)(H,25,26)/t13?,16-,17+/m1/s1. The number of ether oxygens (including phenoxy) is 1. The van der Waals surface area contributed by atoms with Gasteiger partial charge in [-0.2, -0.15) is 0 Å². The number of carbonyl (C=O) groups is 3. The Balaban J connectivity index is 1.65.